The maximum Gasteiger partial charge on any atom is 0.144 e. The molecule has 8 aromatic carbocycles. The second kappa shape index (κ2) is 31.3. The highest BCUT2D eigenvalue weighted by molar-refractivity contribution is 9.10. The molecule has 0 atom stereocenters. The van der Waals surface area contributed by atoms with Gasteiger partial charge >= 0.3 is 0 Å². The first-order valence-electron chi connectivity index (χ1n) is 35.4. The smallest absolute Gasteiger partial charge is 0.144 e. The summed E-state index contributed by atoms with van der Waals surface area (Å²) in [6.07, 6.45) is 15.8. The lowest BCUT2D eigenvalue weighted by molar-refractivity contribution is 0.475. The molecule has 0 amide bonds. The van der Waals surface area contributed by atoms with Crippen LogP contribution in [0.2, 0.25) is 0 Å². The molecule has 0 aliphatic carbocycles. The third-order valence-corrected chi connectivity index (χ3v) is 18.8. The first-order valence-corrected chi connectivity index (χ1v) is 36.1. The lowest BCUT2D eigenvalue weighted by Crippen LogP contribution is -2.08. The number of ether oxygens (including phenoxy) is 1. The monoisotopic (exact) mass is 1380 g/mol. The minimum absolute atomic E-state index is 0.269. The zero-order valence-corrected chi connectivity index (χ0v) is 63.5. The van der Waals surface area contributed by atoms with Crippen LogP contribution in [0.3, 0.4) is 0 Å². The number of imidazole rings is 4. The summed E-state index contributed by atoms with van der Waals surface area (Å²) in [6, 6.07) is 51.3. The minimum atomic E-state index is 0.269. The SMILES string of the molecule is Cc1cc(Br)cc(-c2nccn2-c2c(C(C)C)cccc2C(C)C)c1.Cc1cc(O)cc(-c2nccn2-c2c(C(C)C)cccc2C(C)C)c1.Cc1cc(Oc2cc(C)cc(-c3nccn3-c3c(C(C)C)cccc3C(C)C)c2)cc(-c2nccn2-c2c(C(C)C)cccc2C(C)C)c1. The quantitative estimate of drug-likeness (QED) is 0.0919. The maximum atomic E-state index is 10.0. The third kappa shape index (κ3) is 16.2. The second-order valence-corrected chi connectivity index (χ2v) is 30.0. The number of phenolic OH excluding ortho intramolecular Hbond substituents is 1. The summed E-state index contributed by atoms with van der Waals surface area (Å²) in [5.41, 5.74) is 24.1. The van der Waals surface area contributed by atoms with E-state index >= 15 is 0 Å². The van der Waals surface area contributed by atoms with Gasteiger partial charge in [-0.3, -0.25) is 18.3 Å². The van der Waals surface area contributed by atoms with E-state index in [1.54, 1.807) is 12.1 Å². The van der Waals surface area contributed by atoms with E-state index < -0.39 is 0 Å². The molecule has 0 saturated heterocycles. The van der Waals surface area contributed by atoms with Crippen molar-refractivity contribution in [1.82, 2.24) is 38.2 Å². The molecule has 12 aromatic rings. The fourth-order valence-electron chi connectivity index (χ4n) is 13.7. The Bertz CT molecular complexity index is 4330. The summed E-state index contributed by atoms with van der Waals surface area (Å²) in [5, 5.41) is 10.0. The van der Waals surface area contributed by atoms with E-state index in [0.717, 1.165) is 78.2 Å². The molecule has 12 rings (SSSR count). The topological polar surface area (TPSA) is 101 Å². The Morgan fingerprint density at radius 1 is 0.303 bits per heavy atom. The van der Waals surface area contributed by atoms with Gasteiger partial charge in [-0.2, -0.15) is 0 Å². The van der Waals surface area contributed by atoms with E-state index in [2.05, 4.69) is 328 Å². The first kappa shape index (κ1) is 72.4. The summed E-state index contributed by atoms with van der Waals surface area (Å²) >= 11 is 3.62. The van der Waals surface area contributed by atoms with E-state index in [9.17, 15) is 5.11 Å². The van der Waals surface area contributed by atoms with Gasteiger partial charge in [-0.15, -0.1) is 0 Å². The van der Waals surface area contributed by atoms with Crippen LogP contribution in [0.25, 0.3) is 68.3 Å². The van der Waals surface area contributed by atoms with Crippen molar-refractivity contribution in [2.24, 2.45) is 0 Å². The summed E-state index contributed by atoms with van der Waals surface area (Å²) in [6.45, 7) is 44.3. The van der Waals surface area contributed by atoms with Gasteiger partial charge in [0.2, 0.25) is 0 Å². The fourth-order valence-corrected chi connectivity index (χ4v) is 14.3. The lowest BCUT2D eigenvalue weighted by Gasteiger charge is -2.22. The standard InChI is InChI=1S/C44H50N4O.C22H25BrN2.C22H26N2O/c1-27(2)37-13-11-14-38(28(3)4)41(37)47-19-17-45-43(47)33-21-31(9)23-35(25-33)49-36-24-32(10)22-34(26-36)44-46-18-20-48(44)42-39(29(5)6)15-12-16-40(42)30(7)8;1-14(2)19-7-6-8-20(15(3)4)21(19)25-10-9-24-22(25)17-11-16(5)12-18(23)13-17;1-14(2)19-7-6-8-20(15(3)4)21(19)24-10-9-23-22(24)17-11-16(5)12-18(25)13-17/h11-30H,1-10H3;6-15H,1-5H3;6-15,25H,1-5H3. The van der Waals surface area contributed by atoms with Crippen LogP contribution in [0, 0.1) is 27.7 Å². The highest BCUT2D eigenvalue weighted by Crippen LogP contribution is 2.41. The summed E-state index contributed by atoms with van der Waals surface area (Å²) in [4.78, 5) is 19.1. The molecule has 0 unspecified atom stereocenters. The van der Waals surface area contributed by atoms with E-state index in [0.29, 0.717) is 47.3 Å². The normalized spacial score (nSPS) is 11.6. The van der Waals surface area contributed by atoms with Crippen LogP contribution in [0.15, 0.2) is 200 Å². The van der Waals surface area contributed by atoms with Crippen molar-refractivity contribution < 1.29 is 9.84 Å². The van der Waals surface area contributed by atoms with Gasteiger partial charge < -0.3 is 9.84 Å². The Kier molecular flexibility index (Phi) is 22.9. The molecule has 0 spiro atoms. The number of benzene rings is 8. The van der Waals surface area contributed by atoms with Gasteiger partial charge in [0.05, 0.1) is 22.7 Å². The van der Waals surface area contributed by atoms with E-state index in [1.165, 1.54) is 72.8 Å². The molecule has 0 aliphatic rings. The number of hydrogen-bond acceptors (Lipinski definition) is 6. The van der Waals surface area contributed by atoms with Gasteiger partial charge in [0.25, 0.3) is 0 Å². The summed E-state index contributed by atoms with van der Waals surface area (Å²) in [5.74, 6) is 8.70. The number of hydrogen-bond donors (Lipinski definition) is 1. The largest absolute Gasteiger partial charge is 0.508 e. The predicted octanol–water partition coefficient (Wildman–Crippen LogP) is 25.0. The van der Waals surface area contributed by atoms with E-state index in [1.807, 2.05) is 37.9 Å². The highest BCUT2D eigenvalue weighted by Gasteiger charge is 2.25. The lowest BCUT2D eigenvalue weighted by atomic mass is 9.92. The van der Waals surface area contributed by atoms with Gasteiger partial charge in [-0.1, -0.05) is 200 Å². The first-order chi connectivity index (χ1) is 47.2. The Morgan fingerprint density at radius 2 is 0.535 bits per heavy atom. The van der Waals surface area contributed by atoms with Gasteiger partial charge in [0, 0.05) is 76.3 Å². The molecule has 512 valence electrons. The van der Waals surface area contributed by atoms with Crippen LogP contribution >= 0.6 is 15.9 Å². The average Bonchev–Trinajstić information content (AvgIpc) is 1.63. The molecule has 0 radical (unpaired) electrons. The number of aromatic nitrogens is 8. The van der Waals surface area contributed by atoms with Gasteiger partial charge in [0.1, 0.15) is 40.5 Å². The van der Waals surface area contributed by atoms with Gasteiger partial charge in [-0.05, 0) is 215 Å². The van der Waals surface area contributed by atoms with Crippen molar-refractivity contribution in [2.75, 3.05) is 0 Å². The zero-order chi connectivity index (χ0) is 71.3. The van der Waals surface area contributed by atoms with Crippen molar-refractivity contribution >= 4 is 15.9 Å². The second-order valence-electron chi connectivity index (χ2n) is 29.1. The molecule has 11 heteroatoms. The van der Waals surface area contributed by atoms with E-state index in [-0.39, 0.29) is 5.75 Å². The zero-order valence-electron chi connectivity index (χ0n) is 61.9. The van der Waals surface area contributed by atoms with Crippen molar-refractivity contribution in [3.8, 4) is 85.5 Å². The Morgan fingerprint density at radius 3 is 0.778 bits per heavy atom. The molecule has 0 saturated carbocycles. The Hall–Kier alpha value is -9.32. The van der Waals surface area contributed by atoms with Crippen LogP contribution in [-0.2, 0) is 0 Å². The molecular formula is C88H101BrN8O2. The van der Waals surface area contributed by atoms with E-state index in [4.69, 9.17) is 14.7 Å². The number of para-hydroxylation sites is 4. The number of phenols is 1. The Labute approximate surface area is 598 Å². The minimum Gasteiger partial charge on any atom is -0.508 e. The van der Waals surface area contributed by atoms with Gasteiger partial charge in [-0.25, -0.2) is 19.9 Å². The molecular weight excluding hydrogens is 1280 g/mol. The summed E-state index contributed by atoms with van der Waals surface area (Å²) in [7, 11) is 0. The molecule has 0 aliphatic heterocycles. The van der Waals surface area contributed by atoms with Crippen LogP contribution in [0.4, 0.5) is 0 Å². The van der Waals surface area contributed by atoms with Crippen LogP contribution < -0.4 is 4.74 Å². The summed E-state index contributed by atoms with van der Waals surface area (Å²) < 4.78 is 16.7. The fraction of sp³-hybridized carbons (Fsp3) is 0.318. The highest BCUT2D eigenvalue weighted by atomic mass is 79.9. The van der Waals surface area contributed by atoms with Gasteiger partial charge in [0.15, 0.2) is 0 Å². The maximum absolute atomic E-state index is 10.0. The number of aromatic hydroxyl groups is 1. The Balaban J connectivity index is 0.000000178. The van der Waals surface area contributed by atoms with Crippen molar-refractivity contribution in [1.29, 1.82) is 0 Å². The van der Waals surface area contributed by atoms with Crippen molar-refractivity contribution in [3.05, 3.63) is 266 Å². The van der Waals surface area contributed by atoms with Crippen molar-refractivity contribution in [2.45, 2.75) is 186 Å². The molecule has 0 fully saturated rings. The number of halogens is 1. The molecule has 0 bridgehead atoms. The molecule has 99 heavy (non-hydrogen) atoms. The predicted molar refractivity (Wildman–Crippen MR) is 417 cm³/mol. The number of rotatable bonds is 18. The third-order valence-electron chi connectivity index (χ3n) is 18.4. The molecule has 4 aromatic heterocycles. The number of aryl methyl sites for hydroxylation is 4. The molecule has 10 nitrogen and oxygen atoms in total. The van der Waals surface area contributed by atoms with Crippen LogP contribution in [0.5, 0.6) is 17.2 Å². The van der Waals surface area contributed by atoms with Crippen LogP contribution in [0.1, 0.15) is 225 Å². The van der Waals surface area contributed by atoms with Crippen molar-refractivity contribution in [3.63, 3.8) is 0 Å². The molecule has 4 heterocycles. The average molecular weight is 1380 g/mol. The molecule has 1 N–H and O–H groups in total. The number of nitrogens with zero attached hydrogens (tertiary/aromatic N) is 8. The van der Waals surface area contributed by atoms with Crippen LogP contribution in [-0.4, -0.2) is 43.3 Å².